The predicted molar refractivity (Wildman–Crippen MR) is 77.9 cm³/mol. The zero-order chi connectivity index (χ0) is 14.8. The molecule has 0 aliphatic rings. The number of para-hydroxylation sites is 2. The lowest BCUT2D eigenvalue weighted by molar-refractivity contribution is -0.118. The Bertz CT molecular complexity index is 449. The Morgan fingerprint density at radius 3 is 2.65 bits per heavy atom. The van der Waals surface area contributed by atoms with Gasteiger partial charge in [-0.1, -0.05) is 19.1 Å². The van der Waals surface area contributed by atoms with Crippen LogP contribution in [0.4, 0.5) is 10.5 Å². The van der Waals surface area contributed by atoms with Crippen molar-refractivity contribution < 1.29 is 14.3 Å². The van der Waals surface area contributed by atoms with Gasteiger partial charge >= 0.3 is 6.03 Å². The number of imide groups is 1. The van der Waals surface area contributed by atoms with Crippen LogP contribution in [-0.4, -0.2) is 31.6 Å². The molecule has 3 amide bonds. The van der Waals surface area contributed by atoms with Crippen molar-refractivity contribution in [2.24, 2.45) is 0 Å². The van der Waals surface area contributed by atoms with Crippen molar-refractivity contribution in [3.8, 4) is 5.75 Å². The minimum Gasteiger partial charge on any atom is -0.492 e. The summed E-state index contributed by atoms with van der Waals surface area (Å²) in [5, 5.41) is 7.76. The van der Waals surface area contributed by atoms with Gasteiger partial charge < -0.3 is 15.4 Å². The lowest BCUT2D eigenvalue weighted by atomic mass is 10.3. The van der Waals surface area contributed by atoms with Crippen molar-refractivity contribution in [1.82, 2.24) is 10.6 Å². The van der Waals surface area contributed by atoms with Crippen LogP contribution in [0.5, 0.6) is 5.75 Å². The van der Waals surface area contributed by atoms with Crippen LogP contribution in [0.1, 0.15) is 20.3 Å². The molecule has 0 atom stereocenters. The van der Waals surface area contributed by atoms with Gasteiger partial charge in [0.05, 0.1) is 18.8 Å². The molecule has 0 heterocycles. The molecule has 20 heavy (non-hydrogen) atoms. The number of hydrogen-bond donors (Lipinski definition) is 3. The van der Waals surface area contributed by atoms with Gasteiger partial charge in [-0.3, -0.25) is 10.1 Å². The number of rotatable bonds is 7. The number of anilines is 1. The van der Waals surface area contributed by atoms with Gasteiger partial charge in [0.25, 0.3) is 0 Å². The lowest BCUT2D eigenvalue weighted by Gasteiger charge is -2.12. The molecule has 110 valence electrons. The summed E-state index contributed by atoms with van der Waals surface area (Å²) in [6.07, 6.45) is 0.821. The molecule has 0 spiro atoms. The van der Waals surface area contributed by atoms with Crippen molar-refractivity contribution in [3.05, 3.63) is 24.3 Å². The summed E-state index contributed by atoms with van der Waals surface area (Å²) in [7, 11) is 0. The third-order valence-corrected chi connectivity index (χ3v) is 2.41. The smallest absolute Gasteiger partial charge is 0.321 e. The molecule has 0 saturated heterocycles. The van der Waals surface area contributed by atoms with Crippen LogP contribution in [0.3, 0.4) is 0 Å². The topological polar surface area (TPSA) is 79.5 Å². The largest absolute Gasteiger partial charge is 0.492 e. The Balaban J connectivity index is 2.42. The van der Waals surface area contributed by atoms with Crippen molar-refractivity contribution >= 4 is 17.6 Å². The highest BCUT2D eigenvalue weighted by molar-refractivity contribution is 5.96. The van der Waals surface area contributed by atoms with E-state index in [9.17, 15) is 9.59 Å². The fraction of sp³-hybridized carbons (Fsp3) is 0.429. The van der Waals surface area contributed by atoms with Crippen LogP contribution in [0.25, 0.3) is 0 Å². The van der Waals surface area contributed by atoms with Crippen molar-refractivity contribution in [2.45, 2.75) is 20.3 Å². The minimum absolute atomic E-state index is 0.00360. The summed E-state index contributed by atoms with van der Waals surface area (Å²) in [4.78, 5) is 22.9. The Morgan fingerprint density at radius 2 is 1.95 bits per heavy atom. The van der Waals surface area contributed by atoms with Gasteiger partial charge in [-0.05, 0) is 25.5 Å². The molecule has 1 rings (SSSR count). The maximum atomic E-state index is 11.6. The van der Waals surface area contributed by atoms with Crippen molar-refractivity contribution in [1.29, 1.82) is 0 Å². The van der Waals surface area contributed by atoms with Crippen molar-refractivity contribution in [2.75, 3.05) is 25.0 Å². The molecule has 0 aliphatic carbocycles. The van der Waals surface area contributed by atoms with Crippen LogP contribution in [0, 0.1) is 0 Å². The van der Waals surface area contributed by atoms with E-state index in [4.69, 9.17) is 4.74 Å². The van der Waals surface area contributed by atoms with Gasteiger partial charge in [0.1, 0.15) is 5.75 Å². The zero-order valence-electron chi connectivity index (χ0n) is 11.9. The molecule has 0 saturated carbocycles. The number of amides is 3. The molecular formula is C14H21N3O3. The van der Waals surface area contributed by atoms with E-state index in [-0.39, 0.29) is 6.54 Å². The Kier molecular flexibility index (Phi) is 6.95. The average Bonchev–Trinajstić information content (AvgIpc) is 2.44. The molecule has 1 aromatic rings. The predicted octanol–water partition coefficient (Wildman–Crippen LogP) is 1.73. The van der Waals surface area contributed by atoms with Gasteiger partial charge in [-0.15, -0.1) is 0 Å². The van der Waals surface area contributed by atoms with E-state index in [0.717, 1.165) is 12.1 Å². The molecular weight excluding hydrogens is 258 g/mol. The molecule has 0 aromatic heterocycles. The molecule has 0 bridgehead atoms. The van der Waals surface area contributed by atoms with Gasteiger partial charge in [0.15, 0.2) is 0 Å². The van der Waals surface area contributed by atoms with E-state index in [1.165, 1.54) is 0 Å². The summed E-state index contributed by atoms with van der Waals surface area (Å²) >= 11 is 0. The summed E-state index contributed by atoms with van der Waals surface area (Å²) < 4.78 is 5.43. The highest BCUT2D eigenvalue weighted by Crippen LogP contribution is 2.23. The van der Waals surface area contributed by atoms with Gasteiger partial charge in [0, 0.05) is 6.54 Å². The van der Waals surface area contributed by atoms with E-state index in [1.807, 2.05) is 38.1 Å². The van der Waals surface area contributed by atoms with Crippen LogP contribution >= 0.6 is 0 Å². The van der Waals surface area contributed by atoms with E-state index >= 15 is 0 Å². The van der Waals surface area contributed by atoms with E-state index < -0.39 is 11.9 Å². The second kappa shape index (κ2) is 8.79. The fourth-order valence-corrected chi connectivity index (χ4v) is 1.52. The molecule has 3 N–H and O–H groups in total. The summed E-state index contributed by atoms with van der Waals surface area (Å²) in [5.41, 5.74) is 0.721. The number of carbonyl (C=O) groups is 2. The first kappa shape index (κ1) is 15.8. The summed E-state index contributed by atoms with van der Waals surface area (Å²) in [6, 6.07) is 6.86. The number of ether oxygens (including phenoxy) is 1. The van der Waals surface area contributed by atoms with Gasteiger partial charge in [-0.2, -0.15) is 0 Å². The summed E-state index contributed by atoms with van der Waals surface area (Å²) in [5.74, 6) is 0.281. The number of hydrogen-bond acceptors (Lipinski definition) is 4. The molecule has 0 unspecified atom stereocenters. The van der Waals surface area contributed by atoms with Crippen LogP contribution < -0.4 is 20.7 Å². The monoisotopic (exact) mass is 279 g/mol. The first-order valence-corrected chi connectivity index (χ1v) is 6.70. The summed E-state index contributed by atoms with van der Waals surface area (Å²) in [6.45, 7) is 4.92. The third-order valence-electron chi connectivity index (χ3n) is 2.41. The molecule has 0 aliphatic heterocycles. The molecule has 6 heteroatoms. The maximum Gasteiger partial charge on any atom is 0.321 e. The molecule has 6 nitrogen and oxygen atoms in total. The van der Waals surface area contributed by atoms with Crippen LogP contribution in [-0.2, 0) is 4.79 Å². The Hall–Kier alpha value is -2.24. The molecule has 0 fully saturated rings. The lowest BCUT2D eigenvalue weighted by Crippen LogP contribution is -2.42. The fourth-order valence-electron chi connectivity index (χ4n) is 1.52. The third kappa shape index (κ3) is 5.60. The quantitative estimate of drug-likeness (QED) is 0.710. The van der Waals surface area contributed by atoms with Gasteiger partial charge in [-0.25, -0.2) is 4.79 Å². The number of urea groups is 1. The molecule has 0 radical (unpaired) electrons. The van der Waals surface area contributed by atoms with E-state index in [0.29, 0.717) is 18.9 Å². The zero-order valence-corrected chi connectivity index (χ0v) is 11.9. The number of benzene rings is 1. The van der Waals surface area contributed by atoms with E-state index in [2.05, 4.69) is 16.0 Å². The SMILES string of the molecule is CCCNC(=O)NC(=O)CNc1ccccc1OCC. The highest BCUT2D eigenvalue weighted by atomic mass is 16.5. The average molecular weight is 279 g/mol. The number of nitrogens with one attached hydrogen (secondary N) is 3. The van der Waals surface area contributed by atoms with Gasteiger partial charge in [0.2, 0.25) is 5.91 Å². The standard InChI is InChI=1S/C14H21N3O3/c1-3-9-15-14(19)17-13(18)10-16-11-7-5-6-8-12(11)20-4-2/h5-8,16H,3-4,9-10H2,1-2H3,(H2,15,17,18,19). The second-order valence-corrected chi connectivity index (χ2v) is 4.09. The van der Waals surface area contributed by atoms with E-state index in [1.54, 1.807) is 0 Å². The van der Waals surface area contributed by atoms with Crippen LogP contribution in [0.15, 0.2) is 24.3 Å². The first-order valence-electron chi connectivity index (χ1n) is 6.70. The minimum atomic E-state index is -0.475. The molecule has 1 aromatic carbocycles. The first-order chi connectivity index (χ1) is 9.67. The highest BCUT2D eigenvalue weighted by Gasteiger charge is 2.08. The van der Waals surface area contributed by atoms with Crippen LogP contribution in [0.2, 0.25) is 0 Å². The number of carbonyl (C=O) groups excluding carboxylic acids is 2. The maximum absolute atomic E-state index is 11.6. The second-order valence-electron chi connectivity index (χ2n) is 4.09. The Labute approximate surface area is 118 Å². The normalized spacial score (nSPS) is 9.70. The Morgan fingerprint density at radius 1 is 1.20 bits per heavy atom. The van der Waals surface area contributed by atoms with Crippen molar-refractivity contribution in [3.63, 3.8) is 0 Å².